The largest absolute Gasteiger partial charge is 0.433 e. The van der Waals surface area contributed by atoms with Crippen LogP contribution in [0.15, 0.2) is 63.6 Å². The SMILES string of the molecule is O=C(Cc1csc2nc(-c3ccccc3)cn12)N/N=C/c1ccc([N+](=O)[O-])o1. The summed E-state index contributed by atoms with van der Waals surface area (Å²) >= 11 is 1.45. The van der Waals surface area contributed by atoms with Crippen molar-refractivity contribution < 1.29 is 14.1 Å². The molecule has 0 unspecified atom stereocenters. The van der Waals surface area contributed by atoms with Gasteiger partial charge in [-0.25, -0.2) is 10.4 Å². The molecule has 0 atom stereocenters. The van der Waals surface area contributed by atoms with Crippen molar-refractivity contribution in [3.63, 3.8) is 0 Å². The zero-order valence-corrected chi connectivity index (χ0v) is 15.1. The van der Waals surface area contributed by atoms with E-state index in [0.717, 1.165) is 21.9 Å². The maximum atomic E-state index is 12.1. The predicted octanol–water partition coefficient (Wildman–Crippen LogP) is 3.26. The minimum absolute atomic E-state index is 0.111. The van der Waals surface area contributed by atoms with Crippen molar-refractivity contribution in [1.29, 1.82) is 0 Å². The Morgan fingerprint density at radius 2 is 2.14 bits per heavy atom. The number of nitrogens with one attached hydrogen (secondary N) is 1. The van der Waals surface area contributed by atoms with Crippen molar-refractivity contribution >= 4 is 34.3 Å². The van der Waals surface area contributed by atoms with Gasteiger partial charge in [0.1, 0.15) is 4.92 Å². The highest BCUT2D eigenvalue weighted by Crippen LogP contribution is 2.23. The first kappa shape index (κ1) is 17.6. The Balaban J connectivity index is 1.42. The molecule has 0 fully saturated rings. The Morgan fingerprint density at radius 3 is 2.89 bits per heavy atom. The number of hydrogen-bond donors (Lipinski definition) is 1. The van der Waals surface area contributed by atoms with Crippen molar-refractivity contribution in [3.05, 3.63) is 75.6 Å². The minimum Gasteiger partial charge on any atom is -0.400 e. The summed E-state index contributed by atoms with van der Waals surface area (Å²) in [5.41, 5.74) is 5.02. The molecule has 0 saturated carbocycles. The normalized spacial score (nSPS) is 11.3. The van der Waals surface area contributed by atoms with Crippen LogP contribution in [0.5, 0.6) is 0 Å². The summed E-state index contributed by atoms with van der Waals surface area (Å²) in [6.07, 6.45) is 3.22. The Hall–Kier alpha value is -3.79. The van der Waals surface area contributed by atoms with Gasteiger partial charge in [-0.15, -0.1) is 11.3 Å². The van der Waals surface area contributed by atoms with E-state index in [1.165, 1.54) is 29.7 Å². The van der Waals surface area contributed by atoms with Crippen molar-refractivity contribution in [1.82, 2.24) is 14.8 Å². The van der Waals surface area contributed by atoms with Crippen molar-refractivity contribution in [2.75, 3.05) is 0 Å². The molecule has 0 aliphatic rings. The van der Waals surface area contributed by atoms with Gasteiger partial charge in [0.25, 0.3) is 0 Å². The lowest BCUT2D eigenvalue weighted by Crippen LogP contribution is -2.20. The average molecular weight is 395 g/mol. The van der Waals surface area contributed by atoms with E-state index in [1.54, 1.807) is 0 Å². The van der Waals surface area contributed by atoms with Crippen LogP contribution in [-0.2, 0) is 11.2 Å². The zero-order chi connectivity index (χ0) is 19.5. The van der Waals surface area contributed by atoms with E-state index >= 15 is 0 Å². The number of rotatable bonds is 6. The van der Waals surface area contributed by atoms with Crippen LogP contribution < -0.4 is 5.43 Å². The fourth-order valence-electron chi connectivity index (χ4n) is 2.59. The first-order chi connectivity index (χ1) is 13.6. The summed E-state index contributed by atoms with van der Waals surface area (Å²) in [6, 6.07) is 12.4. The molecule has 3 heterocycles. The lowest BCUT2D eigenvalue weighted by molar-refractivity contribution is -0.402. The monoisotopic (exact) mass is 395 g/mol. The van der Waals surface area contributed by atoms with Crippen LogP contribution in [0.3, 0.4) is 0 Å². The number of furan rings is 1. The second-order valence-electron chi connectivity index (χ2n) is 5.77. The molecule has 1 N–H and O–H groups in total. The number of nitrogens with zero attached hydrogens (tertiary/aromatic N) is 4. The van der Waals surface area contributed by atoms with Gasteiger partial charge in [0.05, 0.1) is 24.4 Å². The lowest BCUT2D eigenvalue weighted by Gasteiger charge is -1.99. The number of hydrogen-bond acceptors (Lipinski definition) is 7. The summed E-state index contributed by atoms with van der Waals surface area (Å²) in [5, 5.41) is 16.2. The summed E-state index contributed by atoms with van der Waals surface area (Å²) in [5.74, 6) is -0.540. The van der Waals surface area contributed by atoms with Gasteiger partial charge >= 0.3 is 5.88 Å². The topological polar surface area (TPSA) is 115 Å². The molecule has 9 nitrogen and oxygen atoms in total. The molecule has 3 aromatic heterocycles. The van der Waals surface area contributed by atoms with Crippen LogP contribution in [0.4, 0.5) is 5.88 Å². The molecular formula is C18H13N5O4S. The Morgan fingerprint density at radius 1 is 1.32 bits per heavy atom. The van der Waals surface area contributed by atoms with Gasteiger partial charge in [-0.2, -0.15) is 5.10 Å². The fourth-order valence-corrected chi connectivity index (χ4v) is 3.46. The van der Waals surface area contributed by atoms with Crippen molar-refractivity contribution in [2.24, 2.45) is 5.10 Å². The second kappa shape index (κ2) is 7.45. The Bertz CT molecular complexity index is 1180. The van der Waals surface area contributed by atoms with E-state index in [0.29, 0.717) is 0 Å². The van der Waals surface area contributed by atoms with Gasteiger partial charge in [-0.05, 0) is 6.07 Å². The maximum Gasteiger partial charge on any atom is 0.433 e. The van der Waals surface area contributed by atoms with Gasteiger partial charge in [0.15, 0.2) is 10.7 Å². The van der Waals surface area contributed by atoms with E-state index in [4.69, 9.17) is 4.42 Å². The molecule has 0 aliphatic carbocycles. The smallest absolute Gasteiger partial charge is 0.400 e. The highest BCUT2D eigenvalue weighted by atomic mass is 32.1. The number of nitro groups is 1. The Kier molecular flexibility index (Phi) is 4.68. The molecule has 1 aromatic carbocycles. The lowest BCUT2D eigenvalue weighted by atomic mass is 10.2. The van der Waals surface area contributed by atoms with Crippen LogP contribution in [0, 0.1) is 10.1 Å². The van der Waals surface area contributed by atoms with Crippen LogP contribution in [-0.4, -0.2) is 26.4 Å². The number of carbonyl (C=O) groups is 1. The molecule has 0 aliphatic heterocycles. The standard InChI is InChI=1S/C18H13N5O4S/c24-16(21-19-9-14-6-7-17(27-14)23(25)26)8-13-11-28-18-20-15(10-22(13)18)12-4-2-1-3-5-12/h1-7,9-11H,8H2,(H,21,24)/b19-9+. The minimum atomic E-state index is -0.646. The molecule has 4 rings (SSSR count). The summed E-state index contributed by atoms with van der Waals surface area (Å²) in [4.78, 5) is 27.4. The second-order valence-corrected chi connectivity index (χ2v) is 6.61. The summed E-state index contributed by atoms with van der Waals surface area (Å²) in [7, 11) is 0. The third-order valence-corrected chi connectivity index (χ3v) is 4.76. The van der Waals surface area contributed by atoms with Gasteiger partial charge < -0.3 is 4.42 Å². The highest BCUT2D eigenvalue weighted by molar-refractivity contribution is 7.15. The molecule has 1 amide bonds. The third kappa shape index (κ3) is 3.67. The Labute approximate surface area is 162 Å². The highest BCUT2D eigenvalue weighted by Gasteiger charge is 2.13. The first-order valence-electron chi connectivity index (χ1n) is 8.17. The zero-order valence-electron chi connectivity index (χ0n) is 14.3. The van der Waals surface area contributed by atoms with Crippen LogP contribution in [0.25, 0.3) is 16.2 Å². The summed E-state index contributed by atoms with van der Waals surface area (Å²) < 4.78 is 6.81. The molecule has 10 heteroatoms. The number of amides is 1. The molecule has 0 saturated heterocycles. The first-order valence-corrected chi connectivity index (χ1v) is 9.05. The number of imidazole rings is 1. The van der Waals surface area contributed by atoms with Crippen molar-refractivity contribution in [3.8, 4) is 11.3 Å². The van der Waals surface area contributed by atoms with Gasteiger partial charge in [0.2, 0.25) is 5.91 Å². The predicted molar refractivity (Wildman–Crippen MR) is 103 cm³/mol. The number of thiazole rings is 1. The van der Waals surface area contributed by atoms with E-state index in [-0.39, 0.29) is 24.0 Å². The third-order valence-electron chi connectivity index (χ3n) is 3.87. The van der Waals surface area contributed by atoms with E-state index in [9.17, 15) is 14.9 Å². The van der Waals surface area contributed by atoms with Crippen LogP contribution in [0.2, 0.25) is 0 Å². The summed E-state index contributed by atoms with van der Waals surface area (Å²) in [6.45, 7) is 0. The number of aromatic nitrogens is 2. The molecule has 140 valence electrons. The van der Waals surface area contributed by atoms with E-state index < -0.39 is 4.92 Å². The quantitative estimate of drug-likeness (QED) is 0.306. The number of benzene rings is 1. The van der Waals surface area contributed by atoms with Gasteiger partial charge in [-0.3, -0.25) is 19.3 Å². The molecule has 0 bridgehead atoms. The molecule has 28 heavy (non-hydrogen) atoms. The number of carbonyl (C=O) groups excluding carboxylic acids is 1. The maximum absolute atomic E-state index is 12.1. The van der Waals surface area contributed by atoms with Crippen LogP contribution >= 0.6 is 11.3 Å². The van der Waals surface area contributed by atoms with Gasteiger partial charge in [0, 0.05) is 22.8 Å². The molecule has 4 aromatic rings. The van der Waals surface area contributed by atoms with Crippen LogP contribution in [0.1, 0.15) is 11.5 Å². The number of hydrazone groups is 1. The van der Waals surface area contributed by atoms with E-state index in [2.05, 4.69) is 15.5 Å². The average Bonchev–Trinajstić information content (AvgIpc) is 3.40. The van der Waals surface area contributed by atoms with Gasteiger partial charge in [-0.1, -0.05) is 30.3 Å². The number of fused-ring (bicyclic) bond motifs is 1. The van der Waals surface area contributed by atoms with Crippen molar-refractivity contribution in [2.45, 2.75) is 6.42 Å². The molecular weight excluding hydrogens is 382 g/mol. The fraction of sp³-hybridized carbons (Fsp3) is 0.0556. The van der Waals surface area contributed by atoms with E-state index in [1.807, 2.05) is 46.3 Å². The molecule has 0 radical (unpaired) electrons. The molecule has 0 spiro atoms.